The SMILES string of the molecule is O[C@@H]1Cc2ccccc2C12CCN(Cc1ccc3[nH]c4ccccc4c3c1)CC2. The third kappa shape index (κ3) is 2.65. The quantitative estimate of drug-likeness (QED) is 0.524. The summed E-state index contributed by atoms with van der Waals surface area (Å²) in [5.74, 6) is 0. The summed E-state index contributed by atoms with van der Waals surface area (Å²) in [6.45, 7) is 3.05. The summed E-state index contributed by atoms with van der Waals surface area (Å²) in [5, 5.41) is 13.5. The Hall–Kier alpha value is -2.62. The number of fused-ring (bicyclic) bond motifs is 5. The zero-order valence-electron chi connectivity index (χ0n) is 16.6. The maximum atomic E-state index is 10.9. The second kappa shape index (κ2) is 6.45. The molecule has 3 heteroatoms. The van der Waals surface area contributed by atoms with Crippen molar-refractivity contribution < 1.29 is 5.11 Å². The van der Waals surface area contributed by atoms with Crippen LogP contribution in [0, 0.1) is 0 Å². The minimum Gasteiger partial charge on any atom is -0.392 e. The molecule has 2 N–H and O–H groups in total. The molecule has 3 nitrogen and oxygen atoms in total. The van der Waals surface area contributed by atoms with E-state index in [2.05, 4.69) is 76.6 Å². The van der Waals surface area contributed by atoms with Gasteiger partial charge in [0.2, 0.25) is 0 Å². The molecule has 0 unspecified atom stereocenters. The number of rotatable bonds is 2. The molecule has 1 spiro atoms. The predicted octanol–water partition coefficient (Wildman–Crippen LogP) is 4.77. The third-order valence-electron chi connectivity index (χ3n) is 7.33. The maximum absolute atomic E-state index is 10.9. The van der Waals surface area contributed by atoms with E-state index in [1.54, 1.807) is 0 Å². The highest BCUT2D eigenvalue weighted by atomic mass is 16.3. The van der Waals surface area contributed by atoms with Crippen LogP contribution in [-0.2, 0) is 18.4 Å². The molecule has 1 aliphatic heterocycles. The maximum Gasteiger partial charge on any atom is 0.0678 e. The number of para-hydroxylation sites is 1. The number of hydrogen-bond donors (Lipinski definition) is 2. The number of aliphatic hydroxyl groups excluding tert-OH is 1. The van der Waals surface area contributed by atoms with Gasteiger partial charge in [-0.15, -0.1) is 0 Å². The van der Waals surface area contributed by atoms with Crippen LogP contribution in [0.15, 0.2) is 66.7 Å². The standard InChI is InChI=1S/C26H26N2O/c29-25-16-19-5-1-3-7-22(19)26(25)11-13-28(14-12-26)17-18-9-10-24-21(15-18)20-6-2-4-8-23(20)27-24/h1-10,15,25,27,29H,11-14,16-17H2/t25-/m1/s1. The van der Waals surface area contributed by atoms with E-state index in [9.17, 15) is 5.11 Å². The van der Waals surface area contributed by atoms with Gasteiger partial charge in [0.15, 0.2) is 0 Å². The Balaban J connectivity index is 1.23. The second-order valence-corrected chi connectivity index (χ2v) is 8.86. The Kier molecular flexibility index (Phi) is 3.84. The van der Waals surface area contributed by atoms with Gasteiger partial charge in [0.05, 0.1) is 6.10 Å². The lowest BCUT2D eigenvalue weighted by molar-refractivity contribution is 0.0414. The first-order valence-electron chi connectivity index (χ1n) is 10.7. The molecule has 1 atom stereocenters. The van der Waals surface area contributed by atoms with Crippen molar-refractivity contribution in [3.8, 4) is 0 Å². The van der Waals surface area contributed by atoms with E-state index >= 15 is 0 Å². The molecule has 1 saturated heterocycles. The summed E-state index contributed by atoms with van der Waals surface area (Å²) in [6.07, 6.45) is 2.67. The summed E-state index contributed by atoms with van der Waals surface area (Å²) in [6, 6.07) is 24.0. The second-order valence-electron chi connectivity index (χ2n) is 8.86. The van der Waals surface area contributed by atoms with Crippen molar-refractivity contribution in [2.45, 2.75) is 37.3 Å². The highest BCUT2D eigenvalue weighted by Gasteiger charge is 2.47. The molecule has 0 saturated carbocycles. The number of nitrogens with one attached hydrogen (secondary N) is 1. The Bertz CT molecular complexity index is 1200. The van der Waals surface area contributed by atoms with Gasteiger partial charge >= 0.3 is 0 Å². The first-order chi connectivity index (χ1) is 14.2. The van der Waals surface area contributed by atoms with Crippen LogP contribution in [-0.4, -0.2) is 34.2 Å². The molecule has 4 aromatic rings. The Morgan fingerprint density at radius 3 is 2.55 bits per heavy atom. The molecule has 6 rings (SSSR count). The molecule has 0 amide bonds. The Morgan fingerprint density at radius 1 is 0.897 bits per heavy atom. The lowest BCUT2D eigenvalue weighted by Gasteiger charge is -2.42. The molecule has 3 aromatic carbocycles. The number of aromatic amines is 1. The van der Waals surface area contributed by atoms with Crippen LogP contribution in [0.25, 0.3) is 21.8 Å². The average Bonchev–Trinajstić information content (AvgIpc) is 3.25. The van der Waals surface area contributed by atoms with E-state index < -0.39 is 0 Å². The highest BCUT2D eigenvalue weighted by Crippen LogP contribution is 2.46. The Morgan fingerprint density at radius 2 is 1.66 bits per heavy atom. The summed E-state index contributed by atoms with van der Waals surface area (Å²) in [5.41, 5.74) is 6.48. The van der Waals surface area contributed by atoms with Crippen LogP contribution in [0.5, 0.6) is 0 Å². The fraction of sp³-hybridized carbons (Fsp3) is 0.308. The summed E-state index contributed by atoms with van der Waals surface area (Å²) in [7, 11) is 0. The fourth-order valence-corrected chi connectivity index (χ4v) is 5.73. The number of aromatic nitrogens is 1. The molecule has 0 bridgehead atoms. The number of H-pyrrole nitrogens is 1. The fourth-order valence-electron chi connectivity index (χ4n) is 5.73. The van der Waals surface area contributed by atoms with E-state index in [-0.39, 0.29) is 11.5 Å². The molecule has 2 heterocycles. The third-order valence-corrected chi connectivity index (χ3v) is 7.33. The first-order valence-corrected chi connectivity index (χ1v) is 10.7. The zero-order valence-corrected chi connectivity index (χ0v) is 16.6. The van der Waals surface area contributed by atoms with Crippen LogP contribution >= 0.6 is 0 Å². The number of benzene rings is 3. The number of likely N-dealkylation sites (tertiary alicyclic amines) is 1. The lowest BCUT2D eigenvalue weighted by atomic mass is 9.72. The minimum absolute atomic E-state index is 0.0338. The molecule has 0 radical (unpaired) electrons. The molecule has 2 aliphatic rings. The first kappa shape index (κ1) is 17.3. The van der Waals surface area contributed by atoms with Crippen LogP contribution in [0.2, 0.25) is 0 Å². The molecule has 1 fully saturated rings. The summed E-state index contributed by atoms with van der Waals surface area (Å²) >= 11 is 0. The average molecular weight is 383 g/mol. The molecule has 29 heavy (non-hydrogen) atoms. The summed E-state index contributed by atoms with van der Waals surface area (Å²) in [4.78, 5) is 6.07. The van der Waals surface area contributed by atoms with Crippen molar-refractivity contribution in [1.29, 1.82) is 0 Å². The van der Waals surface area contributed by atoms with Gasteiger partial charge in [-0.3, -0.25) is 4.90 Å². The van der Waals surface area contributed by atoms with Gasteiger partial charge in [-0.1, -0.05) is 48.5 Å². The van der Waals surface area contributed by atoms with Gasteiger partial charge in [0, 0.05) is 33.8 Å². The van der Waals surface area contributed by atoms with E-state index in [1.165, 1.54) is 38.5 Å². The number of hydrogen-bond acceptors (Lipinski definition) is 2. The highest BCUT2D eigenvalue weighted by molar-refractivity contribution is 6.07. The smallest absolute Gasteiger partial charge is 0.0678 e. The number of piperidine rings is 1. The molecule has 1 aromatic heterocycles. The Labute approximate surface area is 171 Å². The van der Waals surface area contributed by atoms with Gasteiger partial charge in [-0.05, 0) is 67.2 Å². The van der Waals surface area contributed by atoms with Crippen molar-refractivity contribution in [3.63, 3.8) is 0 Å². The molecular weight excluding hydrogens is 356 g/mol. The van der Waals surface area contributed by atoms with Crippen molar-refractivity contribution in [2.75, 3.05) is 13.1 Å². The van der Waals surface area contributed by atoms with Gasteiger partial charge in [-0.25, -0.2) is 0 Å². The van der Waals surface area contributed by atoms with Crippen molar-refractivity contribution in [3.05, 3.63) is 83.4 Å². The van der Waals surface area contributed by atoms with Gasteiger partial charge in [-0.2, -0.15) is 0 Å². The van der Waals surface area contributed by atoms with Crippen LogP contribution < -0.4 is 0 Å². The predicted molar refractivity (Wildman–Crippen MR) is 118 cm³/mol. The lowest BCUT2D eigenvalue weighted by Crippen LogP contribution is -2.47. The molecular formula is C26H26N2O. The van der Waals surface area contributed by atoms with Gasteiger partial charge in [0.1, 0.15) is 0 Å². The van der Waals surface area contributed by atoms with Crippen molar-refractivity contribution in [1.82, 2.24) is 9.88 Å². The topological polar surface area (TPSA) is 39.3 Å². The van der Waals surface area contributed by atoms with E-state index in [4.69, 9.17) is 0 Å². The van der Waals surface area contributed by atoms with Crippen LogP contribution in [0.1, 0.15) is 29.5 Å². The molecule has 1 aliphatic carbocycles. The summed E-state index contributed by atoms with van der Waals surface area (Å²) < 4.78 is 0. The minimum atomic E-state index is -0.232. The van der Waals surface area contributed by atoms with Crippen molar-refractivity contribution in [2.24, 2.45) is 0 Å². The van der Waals surface area contributed by atoms with Crippen LogP contribution in [0.4, 0.5) is 0 Å². The normalized spacial score (nSPS) is 21.2. The molecule has 146 valence electrons. The largest absolute Gasteiger partial charge is 0.392 e. The van der Waals surface area contributed by atoms with Gasteiger partial charge < -0.3 is 10.1 Å². The van der Waals surface area contributed by atoms with Crippen LogP contribution in [0.3, 0.4) is 0 Å². The zero-order chi connectivity index (χ0) is 19.4. The van der Waals surface area contributed by atoms with Gasteiger partial charge in [0.25, 0.3) is 0 Å². The van der Waals surface area contributed by atoms with E-state index in [0.717, 1.165) is 38.9 Å². The van der Waals surface area contributed by atoms with E-state index in [0.29, 0.717) is 0 Å². The van der Waals surface area contributed by atoms with Crippen molar-refractivity contribution >= 4 is 21.8 Å². The number of aliphatic hydroxyl groups is 1. The monoisotopic (exact) mass is 382 g/mol. The van der Waals surface area contributed by atoms with E-state index in [1.807, 2.05) is 0 Å². The number of nitrogens with zero attached hydrogens (tertiary/aromatic N) is 1.